The molecule has 1 aromatic carbocycles. The zero-order valence-electron chi connectivity index (χ0n) is 15.0. The molecule has 1 aromatic heterocycles. The van der Waals surface area contributed by atoms with Crippen molar-refractivity contribution in [3.63, 3.8) is 0 Å². The molecule has 0 aliphatic heterocycles. The van der Waals surface area contributed by atoms with E-state index >= 15 is 0 Å². The van der Waals surface area contributed by atoms with Crippen molar-refractivity contribution in [2.45, 2.75) is 11.6 Å². The van der Waals surface area contributed by atoms with E-state index in [9.17, 15) is 14.0 Å². The Balaban J connectivity index is 1.70. The van der Waals surface area contributed by atoms with E-state index in [1.54, 1.807) is 0 Å². The minimum absolute atomic E-state index is 0.0288. The lowest BCUT2D eigenvalue weighted by atomic mass is 10.3. The Bertz CT molecular complexity index is 882. The highest BCUT2D eigenvalue weighted by atomic mass is 35.5. The SMILES string of the molecule is C=C(CCNC(=O)c1ccnc(SC)n1)NC(=O)COc1ccc(Cl)c(F)c1. The fourth-order valence-corrected chi connectivity index (χ4v) is 2.47. The van der Waals surface area contributed by atoms with Gasteiger partial charge in [-0.2, -0.15) is 0 Å². The van der Waals surface area contributed by atoms with Gasteiger partial charge in [0, 0.05) is 30.9 Å². The first kappa shape index (κ1) is 21.6. The van der Waals surface area contributed by atoms with Crippen LogP contribution in [0.1, 0.15) is 16.9 Å². The smallest absolute Gasteiger partial charge is 0.270 e. The zero-order valence-corrected chi connectivity index (χ0v) is 16.6. The summed E-state index contributed by atoms with van der Waals surface area (Å²) < 4.78 is 18.5. The maximum atomic E-state index is 13.3. The average Bonchev–Trinajstić information content (AvgIpc) is 2.68. The number of halogens is 2. The summed E-state index contributed by atoms with van der Waals surface area (Å²) in [7, 11) is 0. The molecular formula is C18H18ClFN4O3S. The standard InChI is InChI=1S/C18H18ClFN4O3S/c1-11(5-7-21-17(26)15-6-8-22-18(24-15)28-2)23-16(25)10-27-12-3-4-13(19)14(20)9-12/h3-4,6,8-9H,1,5,7,10H2,2H3,(H,21,26)(H,23,25). The molecule has 7 nitrogen and oxygen atoms in total. The molecule has 10 heteroatoms. The Labute approximate surface area is 170 Å². The van der Waals surface area contributed by atoms with Crippen LogP contribution in [-0.2, 0) is 4.79 Å². The number of carbonyl (C=O) groups excluding carboxylic acids is 2. The summed E-state index contributed by atoms with van der Waals surface area (Å²) in [5.74, 6) is -1.24. The summed E-state index contributed by atoms with van der Waals surface area (Å²) in [6, 6.07) is 5.41. The molecule has 2 rings (SSSR count). The van der Waals surface area contributed by atoms with Crippen LogP contribution in [0.3, 0.4) is 0 Å². The highest BCUT2D eigenvalue weighted by molar-refractivity contribution is 7.98. The van der Waals surface area contributed by atoms with Gasteiger partial charge < -0.3 is 15.4 Å². The molecule has 148 valence electrons. The van der Waals surface area contributed by atoms with Crippen molar-refractivity contribution in [1.29, 1.82) is 0 Å². The van der Waals surface area contributed by atoms with Crippen LogP contribution in [0, 0.1) is 5.82 Å². The first-order chi connectivity index (χ1) is 13.4. The van der Waals surface area contributed by atoms with Crippen molar-refractivity contribution in [3.05, 3.63) is 59.3 Å². The van der Waals surface area contributed by atoms with Crippen molar-refractivity contribution < 1.29 is 18.7 Å². The summed E-state index contributed by atoms with van der Waals surface area (Å²) in [5.41, 5.74) is 0.668. The van der Waals surface area contributed by atoms with Gasteiger partial charge in [0.15, 0.2) is 11.8 Å². The molecule has 2 N–H and O–H groups in total. The molecular weight excluding hydrogens is 407 g/mol. The second-order valence-corrected chi connectivity index (χ2v) is 6.63. The van der Waals surface area contributed by atoms with Crippen LogP contribution in [0.5, 0.6) is 5.75 Å². The number of rotatable bonds is 9. The summed E-state index contributed by atoms with van der Waals surface area (Å²) in [6.07, 6.45) is 3.66. The van der Waals surface area contributed by atoms with Crippen molar-refractivity contribution in [3.8, 4) is 5.75 Å². The molecule has 2 amide bonds. The highest BCUT2D eigenvalue weighted by Gasteiger charge is 2.10. The number of nitrogens with zero attached hydrogens (tertiary/aromatic N) is 2. The van der Waals surface area contributed by atoms with Gasteiger partial charge in [-0.1, -0.05) is 29.9 Å². The molecule has 2 aromatic rings. The number of carbonyl (C=O) groups is 2. The number of hydrogen-bond acceptors (Lipinski definition) is 6. The lowest BCUT2D eigenvalue weighted by Crippen LogP contribution is -2.31. The summed E-state index contributed by atoms with van der Waals surface area (Å²) in [5, 5.41) is 5.71. The lowest BCUT2D eigenvalue weighted by Gasteiger charge is -2.10. The van der Waals surface area contributed by atoms with Crippen LogP contribution < -0.4 is 15.4 Å². The van der Waals surface area contributed by atoms with Crippen LogP contribution >= 0.6 is 23.4 Å². The Morgan fingerprint density at radius 3 is 2.86 bits per heavy atom. The van der Waals surface area contributed by atoms with E-state index in [0.717, 1.165) is 6.07 Å². The largest absolute Gasteiger partial charge is 0.484 e. The van der Waals surface area contributed by atoms with E-state index < -0.39 is 11.7 Å². The van der Waals surface area contributed by atoms with Crippen molar-refractivity contribution in [2.24, 2.45) is 0 Å². The van der Waals surface area contributed by atoms with Crippen LogP contribution in [0.2, 0.25) is 5.02 Å². The van der Waals surface area contributed by atoms with Crippen molar-refractivity contribution >= 4 is 35.2 Å². The second-order valence-electron chi connectivity index (χ2n) is 5.45. The molecule has 1 heterocycles. The van der Waals surface area contributed by atoms with Gasteiger partial charge in [0.05, 0.1) is 5.02 Å². The maximum Gasteiger partial charge on any atom is 0.270 e. The van der Waals surface area contributed by atoms with Gasteiger partial charge in [-0.25, -0.2) is 14.4 Å². The van der Waals surface area contributed by atoms with E-state index in [2.05, 4.69) is 27.2 Å². The van der Waals surface area contributed by atoms with Gasteiger partial charge in [0.1, 0.15) is 17.3 Å². The third-order valence-electron chi connectivity index (χ3n) is 3.34. The van der Waals surface area contributed by atoms with Gasteiger partial charge >= 0.3 is 0 Å². The Hall–Kier alpha value is -2.65. The third kappa shape index (κ3) is 6.82. The fraction of sp³-hybridized carbons (Fsp3) is 0.222. The molecule has 0 fully saturated rings. The molecule has 0 aliphatic carbocycles. The van der Waals surface area contributed by atoms with E-state index in [0.29, 0.717) is 17.3 Å². The third-order valence-corrected chi connectivity index (χ3v) is 4.21. The normalized spacial score (nSPS) is 10.2. The lowest BCUT2D eigenvalue weighted by molar-refractivity contribution is -0.122. The topological polar surface area (TPSA) is 93.2 Å². The summed E-state index contributed by atoms with van der Waals surface area (Å²) >= 11 is 6.92. The maximum absolute atomic E-state index is 13.3. The van der Waals surface area contributed by atoms with Crippen molar-refractivity contribution in [1.82, 2.24) is 20.6 Å². The molecule has 0 spiro atoms. The van der Waals surface area contributed by atoms with Crippen LogP contribution in [0.4, 0.5) is 4.39 Å². The number of hydrogen-bond donors (Lipinski definition) is 2. The number of benzene rings is 1. The first-order valence-corrected chi connectivity index (χ1v) is 9.70. The molecule has 0 aliphatic rings. The molecule has 0 atom stereocenters. The predicted octanol–water partition coefficient (Wildman–Crippen LogP) is 2.82. The van der Waals surface area contributed by atoms with Crippen molar-refractivity contribution in [2.75, 3.05) is 19.4 Å². The minimum atomic E-state index is -0.631. The molecule has 0 unspecified atom stereocenters. The average molecular weight is 425 g/mol. The molecule has 0 saturated heterocycles. The van der Waals surface area contributed by atoms with Gasteiger partial charge in [-0.15, -0.1) is 0 Å². The monoisotopic (exact) mass is 424 g/mol. The second kappa shape index (κ2) is 10.6. The van der Waals surface area contributed by atoms with Gasteiger partial charge in [-0.3, -0.25) is 9.59 Å². The first-order valence-electron chi connectivity index (χ1n) is 8.09. The fourth-order valence-electron chi connectivity index (χ4n) is 1.99. The summed E-state index contributed by atoms with van der Waals surface area (Å²) in [6.45, 7) is 3.68. The molecule has 0 saturated carbocycles. The Morgan fingerprint density at radius 1 is 1.36 bits per heavy atom. The summed E-state index contributed by atoms with van der Waals surface area (Å²) in [4.78, 5) is 32.0. The Morgan fingerprint density at radius 2 is 2.14 bits per heavy atom. The predicted molar refractivity (Wildman–Crippen MR) is 105 cm³/mol. The molecule has 0 radical (unpaired) electrons. The zero-order chi connectivity index (χ0) is 20.5. The van der Waals surface area contributed by atoms with Gasteiger partial charge in [0.2, 0.25) is 0 Å². The number of thioether (sulfide) groups is 1. The van der Waals surface area contributed by atoms with E-state index in [-0.39, 0.29) is 35.5 Å². The van der Waals surface area contributed by atoms with Crippen LogP contribution in [-0.4, -0.2) is 41.2 Å². The number of aromatic nitrogens is 2. The number of amides is 2. The number of ether oxygens (including phenoxy) is 1. The molecule has 0 bridgehead atoms. The molecule has 28 heavy (non-hydrogen) atoms. The van der Waals surface area contributed by atoms with E-state index in [4.69, 9.17) is 16.3 Å². The number of nitrogens with one attached hydrogen (secondary N) is 2. The minimum Gasteiger partial charge on any atom is -0.484 e. The van der Waals surface area contributed by atoms with Crippen LogP contribution in [0.15, 0.2) is 47.9 Å². The van der Waals surface area contributed by atoms with E-state index in [1.807, 2.05) is 6.26 Å². The van der Waals surface area contributed by atoms with Gasteiger partial charge in [-0.05, 0) is 24.5 Å². The quantitative estimate of drug-likeness (QED) is 0.475. The van der Waals surface area contributed by atoms with Crippen LogP contribution in [0.25, 0.3) is 0 Å². The van der Waals surface area contributed by atoms with E-state index in [1.165, 1.54) is 36.2 Å². The van der Waals surface area contributed by atoms with Gasteiger partial charge in [0.25, 0.3) is 11.8 Å². The Kier molecular flexibility index (Phi) is 8.21. The highest BCUT2D eigenvalue weighted by Crippen LogP contribution is 2.20.